The fourth-order valence-corrected chi connectivity index (χ4v) is 7.70. The minimum absolute atomic E-state index is 0.988. The second-order valence-corrected chi connectivity index (χ2v) is 17.0. The van der Waals surface area contributed by atoms with E-state index < -0.39 is 0 Å². The van der Waals surface area contributed by atoms with Crippen LogP contribution in [0.1, 0.15) is 252 Å². The molecule has 0 aromatic carbocycles. The lowest BCUT2D eigenvalue weighted by atomic mass is 9.41. The first kappa shape index (κ1) is 53.5. The van der Waals surface area contributed by atoms with Gasteiger partial charge in [0.1, 0.15) is 6.71 Å². The summed E-state index contributed by atoms with van der Waals surface area (Å²) >= 11 is 0. The Morgan fingerprint density at radius 1 is 0.218 bits per heavy atom. The summed E-state index contributed by atoms with van der Waals surface area (Å²) in [6, 6.07) is 0. The minimum atomic E-state index is 0.988. The van der Waals surface area contributed by atoms with Crippen LogP contribution in [-0.4, -0.2) is 6.71 Å². The molecule has 55 heavy (non-hydrogen) atoms. The van der Waals surface area contributed by atoms with E-state index in [1.807, 2.05) is 0 Å². The van der Waals surface area contributed by atoms with Crippen molar-refractivity contribution in [2.75, 3.05) is 0 Å². The van der Waals surface area contributed by atoms with Crippen LogP contribution in [0.25, 0.3) is 0 Å². The first-order valence-corrected chi connectivity index (χ1v) is 25.2. The van der Waals surface area contributed by atoms with E-state index in [4.69, 9.17) is 0 Å². The van der Waals surface area contributed by atoms with Gasteiger partial charge in [-0.05, 0) is 96.3 Å². The lowest BCUT2D eigenvalue weighted by Gasteiger charge is -2.14. The normalized spacial score (nSPS) is 12.5. The Morgan fingerprint density at radius 3 is 0.655 bits per heavy atom. The Bertz CT molecular complexity index is 758. The van der Waals surface area contributed by atoms with Gasteiger partial charge in [-0.3, -0.25) is 0 Å². The zero-order chi connectivity index (χ0) is 39.6. The Hall–Kier alpha value is -1.50. The van der Waals surface area contributed by atoms with Crippen LogP contribution in [0, 0.1) is 0 Å². The van der Waals surface area contributed by atoms with Crippen LogP contribution in [0.15, 0.2) is 72.9 Å². The third-order valence-corrected chi connectivity index (χ3v) is 11.4. The minimum Gasteiger partial charge on any atom is -0.0882 e. The van der Waals surface area contributed by atoms with Crippen LogP contribution < -0.4 is 0 Å². The molecule has 0 bridgehead atoms. The van der Waals surface area contributed by atoms with Crippen molar-refractivity contribution in [1.82, 2.24) is 0 Å². The molecule has 0 aliphatic rings. The van der Waals surface area contributed by atoms with E-state index in [9.17, 15) is 0 Å². The zero-order valence-electron chi connectivity index (χ0n) is 38.1. The SMILES string of the molecule is CCCCC/C=C\C/C=C\CCCCCCCCB(CCCCCCCC/C=C\C/C=C\CCCCC)CCCCCCCC/C=C\C/C=C\CCCCC. The van der Waals surface area contributed by atoms with E-state index in [1.165, 1.54) is 231 Å². The van der Waals surface area contributed by atoms with Crippen molar-refractivity contribution in [3.63, 3.8) is 0 Å². The molecule has 0 radical (unpaired) electrons. The smallest absolute Gasteiger partial charge is 0.0882 e. The van der Waals surface area contributed by atoms with Crippen molar-refractivity contribution in [2.45, 2.75) is 271 Å². The Labute approximate surface area is 349 Å². The molecule has 318 valence electrons. The molecule has 0 saturated heterocycles. The molecule has 0 unspecified atom stereocenters. The molecule has 0 rings (SSSR count). The van der Waals surface area contributed by atoms with E-state index in [-0.39, 0.29) is 0 Å². The van der Waals surface area contributed by atoms with Gasteiger partial charge in [-0.15, -0.1) is 0 Å². The quantitative estimate of drug-likeness (QED) is 0.0330. The third kappa shape index (κ3) is 48.6. The van der Waals surface area contributed by atoms with Crippen LogP contribution in [0.5, 0.6) is 0 Å². The number of unbranched alkanes of at least 4 members (excludes halogenated alkanes) is 27. The number of hydrogen-bond donors (Lipinski definition) is 0. The first-order valence-electron chi connectivity index (χ1n) is 25.2. The standard InChI is InChI=1S/C54H99B/c1-4-7-10-13-16-19-22-25-28-31-34-37-40-43-46-49-52-55(53-50-47-44-41-38-35-32-29-26-23-20-17-14-11-8-5-2)54-51-48-45-42-39-36-33-30-27-24-21-18-15-12-9-6-3/h16-21,25-30H,4-15,22-24,31-54H2,1-3H3/b19-16-,20-17-,21-18-,28-25-,29-26-,30-27-. The molecule has 0 nitrogen and oxygen atoms in total. The molecule has 0 aliphatic carbocycles. The van der Waals surface area contributed by atoms with Gasteiger partial charge in [-0.2, -0.15) is 0 Å². The van der Waals surface area contributed by atoms with Crippen molar-refractivity contribution in [1.29, 1.82) is 0 Å². The van der Waals surface area contributed by atoms with Crippen LogP contribution in [0.3, 0.4) is 0 Å². The molecular weight excluding hydrogens is 659 g/mol. The van der Waals surface area contributed by atoms with Crippen molar-refractivity contribution in [3.05, 3.63) is 72.9 Å². The Balaban J connectivity index is 4.13. The molecule has 0 N–H and O–H groups in total. The van der Waals surface area contributed by atoms with Crippen molar-refractivity contribution in [3.8, 4) is 0 Å². The summed E-state index contributed by atoms with van der Waals surface area (Å²) in [7, 11) is 0. The van der Waals surface area contributed by atoms with E-state index in [2.05, 4.69) is 93.7 Å². The summed E-state index contributed by atoms with van der Waals surface area (Å²) in [5.41, 5.74) is 0. The molecule has 0 aromatic rings. The number of hydrogen-bond acceptors (Lipinski definition) is 0. The maximum Gasteiger partial charge on any atom is 0.139 e. The van der Waals surface area contributed by atoms with Gasteiger partial charge >= 0.3 is 0 Å². The maximum atomic E-state index is 2.42. The average Bonchev–Trinajstić information content (AvgIpc) is 3.20. The zero-order valence-corrected chi connectivity index (χ0v) is 38.1. The predicted octanol–water partition coefficient (Wildman–Crippen LogP) is 19.9. The summed E-state index contributed by atoms with van der Waals surface area (Å²) in [4.78, 5) is 0. The molecule has 0 atom stereocenters. The van der Waals surface area contributed by atoms with E-state index in [0.29, 0.717) is 0 Å². The second-order valence-electron chi connectivity index (χ2n) is 17.0. The highest BCUT2D eigenvalue weighted by Gasteiger charge is 2.12. The van der Waals surface area contributed by atoms with Gasteiger partial charge in [0.05, 0.1) is 0 Å². The summed E-state index contributed by atoms with van der Waals surface area (Å²) in [5.74, 6) is 0. The predicted molar refractivity (Wildman–Crippen MR) is 258 cm³/mol. The summed E-state index contributed by atoms with van der Waals surface area (Å²) in [6.07, 6.45) is 82.0. The van der Waals surface area contributed by atoms with Gasteiger partial charge in [0.2, 0.25) is 0 Å². The molecule has 0 saturated carbocycles. The maximum absolute atomic E-state index is 2.42. The summed E-state index contributed by atoms with van der Waals surface area (Å²) in [5, 5.41) is 0. The van der Waals surface area contributed by atoms with E-state index >= 15 is 0 Å². The molecule has 0 aliphatic heterocycles. The Morgan fingerprint density at radius 2 is 0.418 bits per heavy atom. The van der Waals surface area contributed by atoms with Gasteiger partial charge in [0, 0.05) is 0 Å². The largest absolute Gasteiger partial charge is 0.139 e. The third-order valence-electron chi connectivity index (χ3n) is 11.4. The highest BCUT2D eigenvalue weighted by Crippen LogP contribution is 2.21. The molecular formula is C54H99B. The van der Waals surface area contributed by atoms with Crippen molar-refractivity contribution in [2.24, 2.45) is 0 Å². The van der Waals surface area contributed by atoms with Crippen LogP contribution in [0.4, 0.5) is 0 Å². The fraction of sp³-hybridized carbons (Fsp3) is 0.778. The van der Waals surface area contributed by atoms with Gasteiger partial charge in [0.15, 0.2) is 0 Å². The molecule has 0 spiro atoms. The average molecular weight is 759 g/mol. The van der Waals surface area contributed by atoms with Crippen LogP contribution >= 0.6 is 0 Å². The van der Waals surface area contributed by atoms with Crippen molar-refractivity contribution >= 4 is 6.71 Å². The van der Waals surface area contributed by atoms with Gasteiger partial charge < -0.3 is 0 Å². The molecule has 0 aromatic heterocycles. The summed E-state index contributed by atoms with van der Waals surface area (Å²) < 4.78 is 0. The molecule has 0 amide bonds. The number of allylic oxidation sites excluding steroid dienone is 12. The molecule has 1 heteroatoms. The van der Waals surface area contributed by atoms with Gasteiger partial charge in [0.25, 0.3) is 0 Å². The fourth-order valence-electron chi connectivity index (χ4n) is 7.70. The highest BCUT2D eigenvalue weighted by atomic mass is 14.0. The second kappa shape index (κ2) is 50.5. The van der Waals surface area contributed by atoms with E-state index in [0.717, 1.165) is 26.0 Å². The topological polar surface area (TPSA) is 0 Å². The number of rotatable bonds is 45. The van der Waals surface area contributed by atoms with Crippen LogP contribution in [0.2, 0.25) is 19.0 Å². The Kier molecular flexibility index (Phi) is 49.2. The van der Waals surface area contributed by atoms with E-state index in [1.54, 1.807) is 0 Å². The van der Waals surface area contributed by atoms with Gasteiger partial charge in [-0.1, -0.05) is 247 Å². The molecule has 0 heterocycles. The monoisotopic (exact) mass is 759 g/mol. The van der Waals surface area contributed by atoms with Crippen LogP contribution in [-0.2, 0) is 0 Å². The highest BCUT2D eigenvalue weighted by molar-refractivity contribution is 6.58. The lowest BCUT2D eigenvalue weighted by molar-refractivity contribution is 0.599. The summed E-state index contributed by atoms with van der Waals surface area (Å²) in [6.45, 7) is 7.83. The molecule has 0 fully saturated rings. The first-order chi connectivity index (χ1) is 27.3. The van der Waals surface area contributed by atoms with Gasteiger partial charge in [-0.25, -0.2) is 0 Å². The lowest BCUT2D eigenvalue weighted by Crippen LogP contribution is -2.12. The van der Waals surface area contributed by atoms with Crippen molar-refractivity contribution < 1.29 is 0 Å².